The lowest BCUT2D eigenvalue weighted by Gasteiger charge is -2.26. The Morgan fingerprint density at radius 2 is 1.55 bits per heavy atom. The number of rotatable bonds is 9. The van der Waals surface area contributed by atoms with Crippen molar-refractivity contribution in [3.05, 3.63) is 135 Å². The van der Waals surface area contributed by atoms with Gasteiger partial charge in [0.1, 0.15) is 24.5 Å². The Hall–Kier alpha value is -5.31. The zero-order valence-corrected chi connectivity index (χ0v) is 26.9. The van der Waals surface area contributed by atoms with E-state index < -0.39 is 17.8 Å². The average molecular weight is 668 g/mol. The van der Waals surface area contributed by atoms with Crippen molar-refractivity contribution >= 4 is 63.6 Å². The first-order valence-electron chi connectivity index (χ1n) is 14.6. The SMILES string of the molecule is COc1cc(/C=C2\C(=O)NC(=O)N(c3ccc(OCc4ccccc4Cl)cc3)C2=O)cc(Cl)c1OCc1c(C)ccc2ccccc12. The van der Waals surface area contributed by atoms with Gasteiger partial charge in [-0.15, -0.1) is 0 Å². The van der Waals surface area contributed by atoms with Gasteiger partial charge in [-0.25, -0.2) is 9.69 Å². The van der Waals surface area contributed by atoms with Crippen LogP contribution in [0.15, 0.2) is 103 Å². The number of nitrogens with one attached hydrogen (secondary N) is 1. The van der Waals surface area contributed by atoms with E-state index in [0.717, 1.165) is 32.4 Å². The van der Waals surface area contributed by atoms with Gasteiger partial charge in [0.05, 0.1) is 17.8 Å². The number of hydrogen-bond donors (Lipinski definition) is 1. The Morgan fingerprint density at radius 1 is 0.809 bits per heavy atom. The fraction of sp³-hybridized carbons (Fsp3) is 0.108. The lowest BCUT2D eigenvalue weighted by molar-refractivity contribution is -0.122. The molecule has 0 unspecified atom stereocenters. The molecule has 0 atom stereocenters. The van der Waals surface area contributed by atoms with Crippen LogP contribution in [0, 0.1) is 6.92 Å². The van der Waals surface area contributed by atoms with Crippen LogP contribution in [-0.2, 0) is 22.8 Å². The number of benzene rings is 5. The predicted octanol–water partition coefficient (Wildman–Crippen LogP) is 8.29. The van der Waals surface area contributed by atoms with Crippen molar-refractivity contribution in [3.8, 4) is 17.2 Å². The summed E-state index contributed by atoms with van der Waals surface area (Å²) in [6, 6.07) is 28.1. The molecule has 1 heterocycles. The molecule has 47 heavy (non-hydrogen) atoms. The molecule has 1 saturated heterocycles. The first-order chi connectivity index (χ1) is 22.7. The normalized spacial score (nSPS) is 14.0. The summed E-state index contributed by atoms with van der Waals surface area (Å²) in [5.41, 5.74) is 3.29. The third kappa shape index (κ3) is 6.65. The van der Waals surface area contributed by atoms with Crippen molar-refractivity contribution in [2.45, 2.75) is 20.1 Å². The van der Waals surface area contributed by atoms with Crippen molar-refractivity contribution in [1.82, 2.24) is 5.32 Å². The van der Waals surface area contributed by atoms with Gasteiger partial charge in [0.2, 0.25) is 0 Å². The van der Waals surface area contributed by atoms with Crippen LogP contribution < -0.4 is 24.4 Å². The highest BCUT2D eigenvalue weighted by Crippen LogP contribution is 2.38. The van der Waals surface area contributed by atoms with E-state index in [1.807, 2.05) is 55.5 Å². The Bertz CT molecular complexity index is 2060. The highest BCUT2D eigenvalue weighted by Gasteiger charge is 2.37. The second kappa shape index (κ2) is 13.6. The standard InChI is InChI=1S/C37H28Cl2N2O6/c1-22-11-12-24-7-3-5-9-28(24)30(22)21-47-34-32(39)18-23(19-33(34)45-2)17-29-35(42)40-37(44)41(36(29)43)26-13-15-27(16-14-26)46-20-25-8-4-6-10-31(25)38/h3-19H,20-21H2,1-2H3,(H,40,42,44)/b29-17+. The molecule has 10 heteroatoms. The van der Waals surface area contributed by atoms with E-state index in [4.69, 9.17) is 37.4 Å². The Labute approximate surface area is 281 Å². The number of ether oxygens (including phenoxy) is 3. The summed E-state index contributed by atoms with van der Waals surface area (Å²) in [7, 11) is 1.47. The molecule has 8 nitrogen and oxygen atoms in total. The Balaban J connectivity index is 1.22. The number of halogens is 2. The van der Waals surface area contributed by atoms with Crippen LogP contribution in [0.3, 0.4) is 0 Å². The number of imide groups is 2. The number of carbonyl (C=O) groups is 3. The number of carbonyl (C=O) groups excluding carboxylic acids is 3. The lowest BCUT2D eigenvalue weighted by Crippen LogP contribution is -2.54. The molecule has 1 N–H and O–H groups in total. The number of barbiturate groups is 1. The molecule has 236 valence electrons. The van der Waals surface area contributed by atoms with Crippen molar-refractivity contribution in [2.24, 2.45) is 0 Å². The molecule has 0 saturated carbocycles. The number of nitrogens with zero attached hydrogens (tertiary/aromatic N) is 1. The third-order valence-corrected chi connectivity index (χ3v) is 8.40. The van der Waals surface area contributed by atoms with Gasteiger partial charge in [-0.1, -0.05) is 77.8 Å². The van der Waals surface area contributed by atoms with Gasteiger partial charge >= 0.3 is 6.03 Å². The zero-order chi connectivity index (χ0) is 33.1. The molecule has 0 spiro atoms. The number of urea groups is 1. The van der Waals surface area contributed by atoms with E-state index in [9.17, 15) is 14.4 Å². The molecule has 1 aliphatic heterocycles. The first kappa shape index (κ1) is 31.7. The highest BCUT2D eigenvalue weighted by atomic mass is 35.5. The van der Waals surface area contributed by atoms with E-state index in [2.05, 4.69) is 11.4 Å². The number of methoxy groups -OCH3 is 1. The molecular formula is C37H28Cl2N2O6. The molecule has 4 amide bonds. The van der Waals surface area contributed by atoms with Crippen molar-refractivity contribution in [1.29, 1.82) is 0 Å². The van der Waals surface area contributed by atoms with E-state index in [0.29, 0.717) is 27.8 Å². The van der Waals surface area contributed by atoms with E-state index in [1.165, 1.54) is 13.2 Å². The molecule has 5 aromatic rings. The van der Waals surface area contributed by atoms with Crippen molar-refractivity contribution < 1.29 is 28.6 Å². The van der Waals surface area contributed by atoms with Gasteiger partial charge in [0, 0.05) is 16.1 Å². The number of amides is 4. The lowest BCUT2D eigenvalue weighted by atomic mass is 10.0. The summed E-state index contributed by atoms with van der Waals surface area (Å²) in [5.74, 6) is -0.504. The predicted molar refractivity (Wildman–Crippen MR) is 182 cm³/mol. The molecular weight excluding hydrogens is 639 g/mol. The van der Waals surface area contributed by atoms with Gasteiger partial charge in [0.15, 0.2) is 11.5 Å². The fourth-order valence-electron chi connectivity index (χ4n) is 5.27. The summed E-state index contributed by atoms with van der Waals surface area (Å²) >= 11 is 12.9. The molecule has 0 aliphatic carbocycles. The maximum atomic E-state index is 13.5. The number of hydrogen-bond acceptors (Lipinski definition) is 6. The number of aryl methyl sites for hydroxylation is 1. The maximum absolute atomic E-state index is 13.5. The minimum absolute atomic E-state index is 0.220. The third-order valence-electron chi connectivity index (χ3n) is 7.75. The smallest absolute Gasteiger partial charge is 0.335 e. The molecule has 6 rings (SSSR count). The largest absolute Gasteiger partial charge is 0.493 e. The summed E-state index contributed by atoms with van der Waals surface area (Å²) < 4.78 is 17.6. The monoisotopic (exact) mass is 666 g/mol. The minimum Gasteiger partial charge on any atom is -0.493 e. The van der Waals surface area contributed by atoms with E-state index in [-0.39, 0.29) is 29.5 Å². The molecule has 1 fully saturated rings. The van der Waals surface area contributed by atoms with Gasteiger partial charge in [-0.2, -0.15) is 0 Å². The number of fused-ring (bicyclic) bond motifs is 1. The van der Waals surface area contributed by atoms with Crippen LogP contribution in [0.4, 0.5) is 10.5 Å². The summed E-state index contributed by atoms with van der Waals surface area (Å²) in [6.45, 7) is 2.50. The molecule has 5 aromatic carbocycles. The van der Waals surface area contributed by atoms with Crippen LogP contribution in [0.5, 0.6) is 17.2 Å². The van der Waals surface area contributed by atoms with Gasteiger partial charge < -0.3 is 14.2 Å². The average Bonchev–Trinajstić information content (AvgIpc) is 3.06. The highest BCUT2D eigenvalue weighted by molar-refractivity contribution is 6.39. The minimum atomic E-state index is -0.870. The first-order valence-corrected chi connectivity index (χ1v) is 15.3. The van der Waals surface area contributed by atoms with Crippen LogP contribution in [0.2, 0.25) is 10.0 Å². The Kier molecular flexibility index (Phi) is 9.15. The zero-order valence-electron chi connectivity index (χ0n) is 25.4. The van der Waals surface area contributed by atoms with Crippen LogP contribution in [-0.4, -0.2) is 25.0 Å². The molecule has 0 radical (unpaired) electrons. The molecule has 0 aromatic heterocycles. The number of anilines is 1. The van der Waals surface area contributed by atoms with Crippen LogP contribution in [0.25, 0.3) is 16.8 Å². The van der Waals surface area contributed by atoms with E-state index >= 15 is 0 Å². The maximum Gasteiger partial charge on any atom is 0.335 e. The quantitative estimate of drug-likeness (QED) is 0.126. The van der Waals surface area contributed by atoms with Crippen LogP contribution >= 0.6 is 23.2 Å². The van der Waals surface area contributed by atoms with Crippen molar-refractivity contribution in [2.75, 3.05) is 12.0 Å². The summed E-state index contributed by atoms with van der Waals surface area (Å²) in [6.07, 6.45) is 1.35. The van der Waals surface area contributed by atoms with Crippen molar-refractivity contribution in [3.63, 3.8) is 0 Å². The van der Waals surface area contributed by atoms with Gasteiger partial charge in [-0.05, 0) is 77.4 Å². The second-order valence-corrected chi connectivity index (χ2v) is 11.6. The van der Waals surface area contributed by atoms with Gasteiger partial charge in [-0.3, -0.25) is 14.9 Å². The topological polar surface area (TPSA) is 94.2 Å². The molecule has 0 bridgehead atoms. The Morgan fingerprint density at radius 3 is 2.32 bits per heavy atom. The summed E-state index contributed by atoms with van der Waals surface area (Å²) in [4.78, 5) is 40.0. The van der Waals surface area contributed by atoms with Crippen LogP contribution in [0.1, 0.15) is 22.3 Å². The fourth-order valence-corrected chi connectivity index (χ4v) is 5.73. The van der Waals surface area contributed by atoms with E-state index in [1.54, 1.807) is 42.5 Å². The van der Waals surface area contributed by atoms with Gasteiger partial charge in [0.25, 0.3) is 11.8 Å². The summed E-state index contributed by atoms with van der Waals surface area (Å²) in [5, 5.41) is 5.21. The second-order valence-electron chi connectivity index (χ2n) is 10.7. The molecule has 1 aliphatic rings.